The molecule has 1 aromatic carbocycles. The molecule has 148 valence electrons. The van der Waals surface area contributed by atoms with Crippen LogP contribution in [0.5, 0.6) is 0 Å². The van der Waals surface area contributed by atoms with Gasteiger partial charge in [0, 0.05) is 48.9 Å². The molecule has 0 unspecified atom stereocenters. The Kier molecular flexibility index (Phi) is 3.80. The van der Waals surface area contributed by atoms with E-state index in [0.29, 0.717) is 5.95 Å². The summed E-state index contributed by atoms with van der Waals surface area (Å²) in [6.07, 6.45) is 5.49. The number of rotatable bonds is 4. The van der Waals surface area contributed by atoms with Crippen LogP contribution in [0.2, 0.25) is 0 Å². The summed E-state index contributed by atoms with van der Waals surface area (Å²) in [7, 11) is 1.88. The Labute approximate surface area is 166 Å². The highest BCUT2D eigenvalue weighted by Gasteiger charge is 2.41. The Balaban J connectivity index is 1.37. The molecule has 1 amide bonds. The van der Waals surface area contributed by atoms with Crippen LogP contribution in [0.25, 0.3) is 33.2 Å². The third-order valence-electron chi connectivity index (χ3n) is 5.56. The van der Waals surface area contributed by atoms with Gasteiger partial charge in [0.15, 0.2) is 0 Å². The number of carbonyl (C=O) groups excluding carboxylic acids is 1. The van der Waals surface area contributed by atoms with Crippen molar-refractivity contribution in [1.29, 1.82) is 0 Å². The summed E-state index contributed by atoms with van der Waals surface area (Å²) in [4.78, 5) is 23.7. The Hall–Kier alpha value is -3.49. The highest BCUT2D eigenvalue weighted by atomic mass is 16.1. The highest BCUT2D eigenvalue weighted by Crippen LogP contribution is 2.34. The fourth-order valence-corrected chi connectivity index (χ4v) is 4.25. The van der Waals surface area contributed by atoms with Crippen molar-refractivity contribution in [3.63, 3.8) is 0 Å². The molecular weight excluding hydrogens is 368 g/mol. The maximum atomic E-state index is 11.3. The summed E-state index contributed by atoms with van der Waals surface area (Å²) < 4.78 is 1.76. The molecule has 3 heterocycles. The molecule has 0 radical (unpaired) electrons. The molecule has 3 N–H and O–H groups in total. The lowest BCUT2D eigenvalue weighted by Crippen LogP contribution is -2.59. The van der Waals surface area contributed by atoms with E-state index in [1.165, 1.54) is 0 Å². The van der Waals surface area contributed by atoms with Gasteiger partial charge in [-0.3, -0.25) is 4.79 Å². The zero-order valence-electron chi connectivity index (χ0n) is 16.5. The molecule has 0 atom stereocenters. The quantitative estimate of drug-likeness (QED) is 0.493. The first kappa shape index (κ1) is 17.6. The van der Waals surface area contributed by atoms with Crippen LogP contribution < -0.4 is 10.6 Å². The number of fused-ring (bicyclic) bond motifs is 2. The largest absolute Gasteiger partial charge is 0.351 e. The fraction of sp³-hybridized carbons (Fsp3) is 0.350. The number of aryl methyl sites for hydroxylation is 1. The van der Waals surface area contributed by atoms with E-state index >= 15 is 0 Å². The number of H-pyrrole nitrogens is 1. The summed E-state index contributed by atoms with van der Waals surface area (Å²) >= 11 is 0. The summed E-state index contributed by atoms with van der Waals surface area (Å²) in [5, 5.41) is 15.5. The van der Waals surface area contributed by atoms with Crippen molar-refractivity contribution in [1.82, 2.24) is 35.3 Å². The molecule has 0 spiro atoms. The van der Waals surface area contributed by atoms with E-state index in [-0.39, 0.29) is 17.5 Å². The molecule has 1 aliphatic rings. The summed E-state index contributed by atoms with van der Waals surface area (Å²) in [5.41, 5.74) is 4.57. The van der Waals surface area contributed by atoms with Gasteiger partial charge in [0.25, 0.3) is 0 Å². The van der Waals surface area contributed by atoms with E-state index < -0.39 is 0 Å². The standard InChI is InChI=1S/C20H22N8O/c1-11(29)25-20(2)7-13(8-20)23-19-22-10-15-14(9-21-18(15)24-19)12-4-5-16-17(6-12)28(3)27-26-16/h4-6,9-10,13H,7-8H2,1-3H3,(H,25,29)(H2,21,22,23,24)/t13-,20-. The summed E-state index contributed by atoms with van der Waals surface area (Å²) in [6, 6.07) is 6.32. The second-order valence-corrected chi connectivity index (χ2v) is 8.07. The van der Waals surface area contributed by atoms with Gasteiger partial charge in [-0.05, 0) is 37.5 Å². The molecule has 0 bridgehead atoms. The third kappa shape index (κ3) is 3.08. The van der Waals surface area contributed by atoms with E-state index in [4.69, 9.17) is 0 Å². The Bertz CT molecular complexity index is 1230. The van der Waals surface area contributed by atoms with Gasteiger partial charge >= 0.3 is 0 Å². The van der Waals surface area contributed by atoms with E-state index in [9.17, 15) is 4.79 Å². The maximum Gasteiger partial charge on any atom is 0.224 e. The minimum absolute atomic E-state index is 0.00243. The molecule has 4 aromatic rings. The Morgan fingerprint density at radius 2 is 2.17 bits per heavy atom. The number of amides is 1. The first-order valence-electron chi connectivity index (χ1n) is 9.59. The highest BCUT2D eigenvalue weighted by molar-refractivity contribution is 5.95. The van der Waals surface area contributed by atoms with Crippen molar-refractivity contribution < 1.29 is 4.79 Å². The molecule has 0 saturated heterocycles. The predicted molar refractivity (Wildman–Crippen MR) is 110 cm³/mol. The number of aromatic nitrogens is 6. The van der Waals surface area contributed by atoms with Crippen LogP contribution >= 0.6 is 0 Å². The van der Waals surface area contributed by atoms with E-state index in [1.807, 2.05) is 31.6 Å². The number of carbonyl (C=O) groups is 1. The monoisotopic (exact) mass is 390 g/mol. The van der Waals surface area contributed by atoms with Crippen molar-refractivity contribution in [2.75, 3.05) is 5.32 Å². The van der Waals surface area contributed by atoms with Gasteiger partial charge in [0.05, 0.1) is 5.52 Å². The SMILES string of the molecule is CC(=O)N[C@]1(C)C[C@@H](Nc2ncc3c(-c4ccc5nnn(C)c5c4)c[nH]c3n2)C1. The van der Waals surface area contributed by atoms with Crippen LogP contribution in [0.3, 0.4) is 0 Å². The van der Waals surface area contributed by atoms with E-state index in [0.717, 1.165) is 46.0 Å². The average molecular weight is 390 g/mol. The number of anilines is 1. The predicted octanol–water partition coefficient (Wildman–Crippen LogP) is 2.38. The van der Waals surface area contributed by atoms with Gasteiger partial charge in [-0.25, -0.2) is 9.67 Å². The van der Waals surface area contributed by atoms with Crippen molar-refractivity contribution in [3.05, 3.63) is 30.6 Å². The molecule has 9 nitrogen and oxygen atoms in total. The van der Waals surface area contributed by atoms with Crippen LogP contribution in [-0.2, 0) is 11.8 Å². The second kappa shape index (κ2) is 6.26. The van der Waals surface area contributed by atoms with Gasteiger partial charge in [-0.15, -0.1) is 5.10 Å². The number of nitrogens with zero attached hydrogens (tertiary/aromatic N) is 5. The number of benzene rings is 1. The minimum atomic E-state index is -0.146. The molecule has 5 rings (SSSR count). The molecule has 1 fully saturated rings. The van der Waals surface area contributed by atoms with Gasteiger partial charge in [0.1, 0.15) is 11.2 Å². The summed E-state index contributed by atoms with van der Waals surface area (Å²) in [6.45, 7) is 3.61. The summed E-state index contributed by atoms with van der Waals surface area (Å²) in [5.74, 6) is 0.592. The second-order valence-electron chi connectivity index (χ2n) is 8.07. The van der Waals surface area contributed by atoms with Crippen molar-refractivity contribution in [2.45, 2.75) is 38.3 Å². The van der Waals surface area contributed by atoms with Gasteiger partial charge in [-0.1, -0.05) is 11.3 Å². The smallest absolute Gasteiger partial charge is 0.224 e. The lowest BCUT2D eigenvalue weighted by Gasteiger charge is -2.45. The van der Waals surface area contributed by atoms with Crippen LogP contribution in [0, 0.1) is 0 Å². The topological polar surface area (TPSA) is 113 Å². The van der Waals surface area contributed by atoms with Crippen molar-refractivity contribution in [3.8, 4) is 11.1 Å². The van der Waals surface area contributed by atoms with Crippen LogP contribution in [0.1, 0.15) is 26.7 Å². The lowest BCUT2D eigenvalue weighted by molar-refractivity contribution is -0.121. The van der Waals surface area contributed by atoms with E-state index in [1.54, 1.807) is 11.6 Å². The zero-order valence-corrected chi connectivity index (χ0v) is 16.5. The lowest BCUT2D eigenvalue weighted by atomic mass is 9.74. The van der Waals surface area contributed by atoms with Gasteiger partial charge in [0.2, 0.25) is 11.9 Å². The molecule has 3 aromatic heterocycles. The Morgan fingerprint density at radius 1 is 1.34 bits per heavy atom. The van der Waals surface area contributed by atoms with Crippen LogP contribution in [0.4, 0.5) is 5.95 Å². The number of hydrogen-bond donors (Lipinski definition) is 3. The van der Waals surface area contributed by atoms with Crippen molar-refractivity contribution in [2.24, 2.45) is 7.05 Å². The molecular formula is C20H22N8O. The van der Waals surface area contributed by atoms with Crippen molar-refractivity contribution >= 4 is 33.9 Å². The molecule has 0 aliphatic heterocycles. The first-order chi connectivity index (χ1) is 13.9. The molecule has 1 saturated carbocycles. The number of aromatic amines is 1. The van der Waals surface area contributed by atoms with Crippen LogP contribution in [0.15, 0.2) is 30.6 Å². The zero-order chi connectivity index (χ0) is 20.2. The first-order valence-corrected chi connectivity index (χ1v) is 9.59. The normalized spacial score (nSPS) is 21.3. The van der Waals surface area contributed by atoms with E-state index in [2.05, 4.69) is 48.9 Å². The maximum absolute atomic E-state index is 11.3. The van der Waals surface area contributed by atoms with Crippen LogP contribution in [-0.4, -0.2) is 47.4 Å². The van der Waals surface area contributed by atoms with Gasteiger partial charge < -0.3 is 15.6 Å². The molecule has 9 heteroatoms. The molecule has 1 aliphatic carbocycles. The number of nitrogens with one attached hydrogen (secondary N) is 3. The average Bonchev–Trinajstić information content (AvgIpc) is 3.23. The number of hydrogen-bond acceptors (Lipinski definition) is 6. The van der Waals surface area contributed by atoms with Gasteiger partial charge in [-0.2, -0.15) is 4.98 Å². The fourth-order valence-electron chi connectivity index (χ4n) is 4.25. The Morgan fingerprint density at radius 3 is 2.97 bits per heavy atom. The third-order valence-corrected chi connectivity index (χ3v) is 5.56. The molecule has 29 heavy (non-hydrogen) atoms. The minimum Gasteiger partial charge on any atom is -0.351 e.